The minimum Gasteiger partial charge on any atom is -0.496 e. The molecular weight excluding hydrogens is 551 g/mol. The van der Waals surface area contributed by atoms with Gasteiger partial charge in [0.2, 0.25) is 0 Å². The van der Waals surface area contributed by atoms with Crippen molar-refractivity contribution in [2.24, 2.45) is 5.41 Å². The lowest BCUT2D eigenvalue weighted by Gasteiger charge is -2.16. The van der Waals surface area contributed by atoms with Crippen LogP contribution < -0.4 is 4.74 Å². The Morgan fingerprint density at radius 1 is 1.00 bits per heavy atom. The van der Waals surface area contributed by atoms with Crippen LogP contribution in [0, 0.1) is 11.2 Å². The van der Waals surface area contributed by atoms with Crippen LogP contribution in [0.15, 0.2) is 103 Å². The number of ether oxygens (including phenoxy) is 2. The molecular formula is C39H35FO4. The standard InChI is InChI=1S/C39H35FO4/c1-2-29-24-30-7-4-9-36(35(30)25-34(29)31-8-5-23-43-26-31)44-33-18-13-27(14-19-33)6-3-10-37(41)39(21-22-39)38(42)20-15-28-11-16-32(40)17-12-28/h4-5,7-9,11-20,24-26H,2-3,6,10,21-23H2,1H3/b20-15+. The molecule has 0 spiro atoms. The molecule has 1 saturated carbocycles. The summed E-state index contributed by atoms with van der Waals surface area (Å²) < 4.78 is 25.0. The SMILES string of the molecule is CCc1cc2cccc(Oc3ccc(CCCC(=O)C4(C(=O)/C=C/c5ccc(F)cc5)CC4)cc3)c2cc1C1=COCC=C1. The molecule has 1 aliphatic carbocycles. The summed E-state index contributed by atoms with van der Waals surface area (Å²) in [7, 11) is 0. The fourth-order valence-electron chi connectivity index (χ4n) is 5.79. The number of halogens is 1. The maximum atomic E-state index is 13.1. The van der Waals surface area contributed by atoms with Crippen LogP contribution in [0.1, 0.15) is 54.9 Å². The second-order valence-corrected chi connectivity index (χ2v) is 11.5. The maximum absolute atomic E-state index is 13.1. The van der Waals surface area contributed by atoms with Crippen LogP contribution >= 0.6 is 0 Å². The normalized spacial score (nSPS) is 15.2. The number of carbonyl (C=O) groups is 2. The van der Waals surface area contributed by atoms with Crippen molar-refractivity contribution >= 4 is 34.0 Å². The first-order chi connectivity index (χ1) is 21.4. The molecule has 0 N–H and O–H groups in total. The zero-order valence-electron chi connectivity index (χ0n) is 24.9. The third-order valence-electron chi connectivity index (χ3n) is 8.53. The van der Waals surface area contributed by atoms with E-state index in [1.54, 1.807) is 18.2 Å². The van der Waals surface area contributed by atoms with E-state index in [1.165, 1.54) is 23.8 Å². The quantitative estimate of drug-likeness (QED) is 0.123. The van der Waals surface area contributed by atoms with Gasteiger partial charge in [-0.05, 0) is 108 Å². The molecule has 0 radical (unpaired) electrons. The second-order valence-electron chi connectivity index (χ2n) is 11.5. The molecule has 44 heavy (non-hydrogen) atoms. The minimum absolute atomic E-state index is 0.0128. The lowest BCUT2D eigenvalue weighted by atomic mass is 9.91. The summed E-state index contributed by atoms with van der Waals surface area (Å²) in [5.74, 6) is 1.07. The number of rotatable bonds is 12. The number of carbonyl (C=O) groups excluding carboxylic acids is 2. The summed E-state index contributed by atoms with van der Waals surface area (Å²) in [6, 6.07) is 24.4. The fraction of sp³-hybridized carbons (Fsp3) is 0.231. The van der Waals surface area contributed by atoms with Crippen molar-refractivity contribution in [2.45, 2.75) is 45.4 Å². The van der Waals surface area contributed by atoms with Gasteiger partial charge in [-0.15, -0.1) is 0 Å². The molecule has 0 atom stereocenters. The second kappa shape index (κ2) is 12.8. The number of hydrogen-bond donors (Lipinski definition) is 0. The van der Waals surface area contributed by atoms with Crippen molar-refractivity contribution in [1.82, 2.24) is 0 Å². The molecule has 222 valence electrons. The molecule has 0 aromatic heterocycles. The zero-order chi connectivity index (χ0) is 30.5. The van der Waals surface area contributed by atoms with Gasteiger partial charge in [0, 0.05) is 17.4 Å². The molecule has 4 aromatic rings. The number of hydrogen-bond acceptors (Lipinski definition) is 4. The van der Waals surface area contributed by atoms with E-state index in [2.05, 4.69) is 31.2 Å². The van der Waals surface area contributed by atoms with Crippen LogP contribution in [-0.4, -0.2) is 18.2 Å². The average molecular weight is 587 g/mol. The van der Waals surface area contributed by atoms with E-state index in [1.807, 2.05) is 48.7 Å². The van der Waals surface area contributed by atoms with Crippen LogP contribution in [0.4, 0.5) is 4.39 Å². The van der Waals surface area contributed by atoms with Crippen LogP contribution in [-0.2, 0) is 27.2 Å². The number of fused-ring (bicyclic) bond motifs is 1. The summed E-state index contributed by atoms with van der Waals surface area (Å²) in [4.78, 5) is 25.8. The number of aryl methyl sites for hydroxylation is 2. The first kappa shape index (κ1) is 29.3. The molecule has 1 aliphatic heterocycles. The summed E-state index contributed by atoms with van der Waals surface area (Å²) >= 11 is 0. The lowest BCUT2D eigenvalue weighted by Crippen LogP contribution is -2.24. The Balaban J connectivity index is 1.07. The van der Waals surface area contributed by atoms with Crippen molar-refractivity contribution in [3.8, 4) is 11.5 Å². The Bertz CT molecular complexity index is 1770. The van der Waals surface area contributed by atoms with E-state index in [4.69, 9.17) is 9.47 Å². The molecule has 0 bridgehead atoms. The summed E-state index contributed by atoms with van der Waals surface area (Å²) in [6.07, 6.45) is 13.0. The lowest BCUT2D eigenvalue weighted by molar-refractivity contribution is -0.132. The molecule has 1 fully saturated rings. The van der Waals surface area contributed by atoms with Gasteiger partial charge >= 0.3 is 0 Å². The number of benzene rings is 4. The highest BCUT2D eigenvalue weighted by Crippen LogP contribution is 2.49. The predicted molar refractivity (Wildman–Crippen MR) is 173 cm³/mol. The summed E-state index contributed by atoms with van der Waals surface area (Å²) in [5, 5.41) is 2.17. The van der Waals surface area contributed by atoms with Crippen LogP contribution in [0.3, 0.4) is 0 Å². The monoisotopic (exact) mass is 586 g/mol. The Kier molecular flexibility index (Phi) is 8.56. The smallest absolute Gasteiger partial charge is 0.169 e. The van der Waals surface area contributed by atoms with Gasteiger partial charge in [-0.2, -0.15) is 0 Å². The highest BCUT2D eigenvalue weighted by Gasteiger charge is 2.53. The van der Waals surface area contributed by atoms with Crippen molar-refractivity contribution in [3.63, 3.8) is 0 Å². The molecule has 1 heterocycles. The van der Waals surface area contributed by atoms with Gasteiger partial charge in [0.25, 0.3) is 0 Å². The zero-order valence-corrected chi connectivity index (χ0v) is 24.9. The van der Waals surface area contributed by atoms with E-state index in [0.717, 1.165) is 57.4 Å². The summed E-state index contributed by atoms with van der Waals surface area (Å²) in [6.45, 7) is 2.76. The highest BCUT2D eigenvalue weighted by molar-refractivity contribution is 6.15. The average Bonchev–Trinajstić information content (AvgIpc) is 3.88. The van der Waals surface area contributed by atoms with Crippen molar-refractivity contribution in [2.75, 3.05) is 6.61 Å². The first-order valence-corrected chi connectivity index (χ1v) is 15.3. The topological polar surface area (TPSA) is 52.6 Å². The van der Waals surface area contributed by atoms with Crippen molar-refractivity contribution in [3.05, 3.63) is 131 Å². The van der Waals surface area contributed by atoms with E-state index in [9.17, 15) is 14.0 Å². The molecule has 4 aromatic carbocycles. The third kappa shape index (κ3) is 6.42. The van der Waals surface area contributed by atoms with Gasteiger partial charge in [-0.25, -0.2) is 4.39 Å². The van der Waals surface area contributed by atoms with Gasteiger partial charge < -0.3 is 9.47 Å². The first-order valence-electron chi connectivity index (χ1n) is 15.3. The van der Waals surface area contributed by atoms with Crippen LogP contribution in [0.2, 0.25) is 0 Å². The Labute approximate surface area is 257 Å². The van der Waals surface area contributed by atoms with Crippen LogP contribution in [0.25, 0.3) is 22.4 Å². The largest absolute Gasteiger partial charge is 0.496 e. The molecule has 4 nitrogen and oxygen atoms in total. The molecule has 6 rings (SSSR count). The predicted octanol–water partition coefficient (Wildman–Crippen LogP) is 9.22. The van der Waals surface area contributed by atoms with Gasteiger partial charge in [-0.3, -0.25) is 9.59 Å². The molecule has 2 aliphatic rings. The highest BCUT2D eigenvalue weighted by atomic mass is 19.1. The minimum atomic E-state index is -0.874. The Morgan fingerprint density at radius 2 is 1.80 bits per heavy atom. The molecule has 0 saturated heterocycles. The van der Waals surface area contributed by atoms with Crippen LogP contribution in [0.5, 0.6) is 11.5 Å². The van der Waals surface area contributed by atoms with Gasteiger partial charge in [0.15, 0.2) is 5.78 Å². The third-order valence-corrected chi connectivity index (χ3v) is 8.53. The van der Waals surface area contributed by atoms with Gasteiger partial charge in [0.05, 0.1) is 11.7 Å². The van der Waals surface area contributed by atoms with E-state index in [-0.39, 0.29) is 17.4 Å². The van der Waals surface area contributed by atoms with E-state index >= 15 is 0 Å². The van der Waals surface area contributed by atoms with Crippen molar-refractivity contribution < 1.29 is 23.5 Å². The maximum Gasteiger partial charge on any atom is 0.169 e. The van der Waals surface area contributed by atoms with Crippen molar-refractivity contribution in [1.29, 1.82) is 0 Å². The van der Waals surface area contributed by atoms with E-state index in [0.29, 0.717) is 32.3 Å². The Morgan fingerprint density at radius 3 is 2.50 bits per heavy atom. The van der Waals surface area contributed by atoms with E-state index < -0.39 is 5.41 Å². The number of ketones is 2. The van der Waals surface area contributed by atoms with Gasteiger partial charge in [-0.1, -0.05) is 61.5 Å². The number of Topliss-reactive ketones (excluding diaryl/α,β-unsaturated/α-hetero) is 1. The fourth-order valence-corrected chi connectivity index (χ4v) is 5.79. The number of allylic oxidation sites excluding steroid dienone is 3. The molecule has 0 amide bonds. The molecule has 0 unspecified atom stereocenters. The van der Waals surface area contributed by atoms with Gasteiger partial charge in [0.1, 0.15) is 29.7 Å². The Hall–Kier alpha value is -4.77. The molecule has 5 heteroatoms. The summed E-state index contributed by atoms with van der Waals surface area (Å²) in [5.41, 5.74) is 4.44.